The minimum absolute atomic E-state index is 0.297. The quantitative estimate of drug-likeness (QED) is 0.935. The van der Waals surface area contributed by atoms with Gasteiger partial charge in [0.15, 0.2) is 17.6 Å². The van der Waals surface area contributed by atoms with Crippen LogP contribution in [0, 0.1) is 11.3 Å². The Balaban J connectivity index is 1.64. The summed E-state index contributed by atoms with van der Waals surface area (Å²) in [5, 5.41) is 11.7. The molecule has 1 atom stereocenters. The van der Waals surface area contributed by atoms with Gasteiger partial charge in [0.2, 0.25) is 0 Å². The van der Waals surface area contributed by atoms with Crippen LogP contribution in [0.3, 0.4) is 0 Å². The first kappa shape index (κ1) is 15.7. The SMILES string of the molecule is C[C@@H](Oc1cccc(C#N)c1)C(=O)Nc1ccc2c(c1)OCCO2. The Morgan fingerprint density at radius 1 is 1.21 bits per heavy atom. The fraction of sp³-hybridized carbons (Fsp3) is 0.222. The lowest BCUT2D eigenvalue weighted by Crippen LogP contribution is -2.30. The van der Waals surface area contributed by atoms with E-state index in [2.05, 4.69) is 5.32 Å². The highest BCUT2D eigenvalue weighted by atomic mass is 16.6. The Hall–Kier alpha value is -3.20. The second-order valence-electron chi connectivity index (χ2n) is 5.25. The van der Waals surface area contributed by atoms with Crippen LogP contribution in [0.5, 0.6) is 17.2 Å². The molecule has 3 rings (SSSR count). The Kier molecular flexibility index (Phi) is 4.52. The van der Waals surface area contributed by atoms with Crippen LogP contribution in [0.1, 0.15) is 12.5 Å². The molecule has 2 aromatic carbocycles. The molecule has 6 heteroatoms. The largest absolute Gasteiger partial charge is 0.486 e. The standard InChI is InChI=1S/C18H16N2O4/c1-12(24-15-4-2-3-13(9-15)11-19)18(21)20-14-5-6-16-17(10-14)23-8-7-22-16/h2-6,9-10,12H,7-8H2,1H3,(H,20,21)/t12-/m1/s1. The summed E-state index contributed by atoms with van der Waals surface area (Å²) in [5.74, 6) is 1.44. The van der Waals surface area contributed by atoms with Crippen molar-refractivity contribution in [2.75, 3.05) is 18.5 Å². The highest BCUT2D eigenvalue weighted by Gasteiger charge is 2.17. The number of hydrogen-bond acceptors (Lipinski definition) is 5. The van der Waals surface area contributed by atoms with Crippen LogP contribution in [0.4, 0.5) is 5.69 Å². The number of amides is 1. The van der Waals surface area contributed by atoms with Crippen molar-refractivity contribution >= 4 is 11.6 Å². The molecule has 24 heavy (non-hydrogen) atoms. The minimum Gasteiger partial charge on any atom is -0.486 e. The summed E-state index contributed by atoms with van der Waals surface area (Å²) in [6.07, 6.45) is -0.716. The van der Waals surface area contributed by atoms with Gasteiger partial charge in [0.1, 0.15) is 19.0 Å². The van der Waals surface area contributed by atoms with Gasteiger partial charge in [-0.15, -0.1) is 0 Å². The maximum Gasteiger partial charge on any atom is 0.265 e. The zero-order valence-corrected chi connectivity index (χ0v) is 13.1. The van der Waals surface area contributed by atoms with Crippen molar-refractivity contribution in [3.63, 3.8) is 0 Å². The zero-order valence-electron chi connectivity index (χ0n) is 13.1. The fourth-order valence-electron chi connectivity index (χ4n) is 2.26. The highest BCUT2D eigenvalue weighted by Crippen LogP contribution is 2.32. The van der Waals surface area contributed by atoms with Gasteiger partial charge in [-0.1, -0.05) is 6.07 Å². The van der Waals surface area contributed by atoms with Gasteiger partial charge in [-0.25, -0.2) is 0 Å². The van der Waals surface area contributed by atoms with E-state index < -0.39 is 6.10 Å². The minimum atomic E-state index is -0.716. The third-order valence-corrected chi connectivity index (χ3v) is 3.45. The topological polar surface area (TPSA) is 80.6 Å². The number of hydrogen-bond donors (Lipinski definition) is 1. The van der Waals surface area contributed by atoms with E-state index in [4.69, 9.17) is 19.5 Å². The molecule has 0 saturated carbocycles. The molecule has 122 valence electrons. The molecular weight excluding hydrogens is 308 g/mol. The van der Waals surface area contributed by atoms with Gasteiger partial charge >= 0.3 is 0 Å². The Bertz CT molecular complexity index is 798. The Morgan fingerprint density at radius 3 is 2.79 bits per heavy atom. The molecule has 2 aromatic rings. The number of benzene rings is 2. The van der Waals surface area contributed by atoms with Crippen LogP contribution < -0.4 is 19.5 Å². The second-order valence-corrected chi connectivity index (χ2v) is 5.25. The third kappa shape index (κ3) is 3.58. The molecule has 1 heterocycles. The molecule has 1 aliphatic rings. The molecule has 0 fully saturated rings. The van der Waals surface area contributed by atoms with Crippen molar-refractivity contribution in [2.24, 2.45) is 0 Å². The molecule has 0 unspecified atom stereocenters. The van der Waals surface area contributed by atoms with Gasteiger partial charge in [0, 0.05) is 11.8 Å². The number of rotatable bonds is 4. The van der Waals surface area contributed by atoms with Crippen molar-refractivity contribution < 1.29 is 19.0 Å². The van der Waals surface area contributed by atoms with Crippen LogP contribution in [-0.2, 0) is 4.79 Å². The third-order valence-electron chi connectivity index (χ3n) is 3.45. The molecule has 0 radical (unpaired) electrons. The predicted molar refractivity (Wildman–Crippen MR) is 87.3 cm³/mol. The van der Waals surface area contributed by atoms with Gasteiger partial charge in [-0.3, -0.25) is 4.79 Å². The normalized spacial score (nSPS) is 13.5. The van der Waals surface area contributed by atoms with E-state index in [1.807, 2.05) is 6.07 Å². The number of anilines is 1. The maximum atomic E-state index is 12.3. The van der Waals surface area contributed by atoms with Crippen molar-refractivity contribution in [1.29, 1.82) is 5.26 Å². The van der Waals surface area contributed by atoms with Gasteiger partial charge in [0.25, 0.3) is 5.91 Å². The van der Waals surface area contributed by atoms with Crippen molar-refractivity contribution in [3.8, 4) is 23.3 Å². The number of ether oxygens (including phenoxy) is 3. The first-order chi connectivity index (χ1) is 11.7. The molecule has 6 nitrogen and oxygen atoms in total. The van der Waals surface area contributed by atoms with Crippen molar-refractivity contribution in [3.05, 3.63) is 48.0 Å². The van der Waals surface area contributed by atoms with E-state index >= 15 is 0 Å². The molecule has 1 aliphatic heterocycles. The molecule has 0 aliphatic carbocycles. The van der Waals surface area contributed by atoms with E-state index in [9.17, 15) is 4.79 Å². The zero-order chi connectivity index (χ0) is 16.9. The smallest absolute Gasteiger partial charge is 0.265 e. The van der Waals surface area contributed by atoms with Gasteiger partial charge in [-0.2, -0.15) is 5.26 Å². The molecule has 1 amide bonds. The van der Waals surface area contributed by atoms with Crippen LogP contribution in [0.25, 0.3) is 0 Å². The average Bonchev–Trinajstić information content (AvgIpc) is 2.61. The molecule has 0 bridgehead atoms. The molecule has 0 saturated heterocycles. The molecule has 0 spiro atoms. The summed E-state index contributed by atoms with van der Waals surface area (Å²) in [4.78, 5) is 12.3. The lowest BCUT2D eigenvalue weighted by Gasteiger charge is -2.19. The van der Waals surface area contributed by atoms with Crippen LogP contribution in [-0.4, -0.2) is 25.2 Å². The van der Waals surface area contributed by atoms with Crippen LogP contribution in [0.2, 0.25) is 0 Å². The molecule has 0 aromatic heterocycles. The van der Waals surface area contributed by atoms with Crippen LogP contribution >= 0.6 is 0 Å². The summed E-state index contributed by atoms with van der Waals surface area (Å²) in [7, 11) is 0. The summed E-state index contributed by atoms with van der Waals surface area (Å²) in [5.41, 5.74) is 1.08. The monoisotopic (exact) mass is 324 g/mol. The van der Waals surface area contributed by atoms with Crippen molar-refractivity contribution in [1.82, 2.24) is 0 Å². The number of fused-ring (bicyclic) bond motifs is 1. The number of nitriles is 1. The van der Waals surface area contributed by atoms with E-state index in [0.29, 0.717) is 41.7 Å². The summed E-state index contributed by atoms with van der Waals surface area (Å²) >= 11 is 0. The van der Waals surface area contributed by atoms with Gasteiger partial charge in [-0.05, 0) is 37.3 Å². The maximum absolute atomic E-state index is 12.3. The lowest BCUT2D eigenvalue weighted by atomic mass is 10.2. The fourth-order valence-corrected chi connectivity index (χ4v) is 2.26. The van der Waals surface area contributed by atoms with E-state index in [1.165, 1.54) is 0 Å². The second kappa shape index (κ2) is 6.92. The van der Waals surface area contributed by atoms with E-state index in [-0.39, 0.29) is 5.91 Å². The number of carbonyl (C=O) groups is 1. The summed E-state index contributed by atoms with van der Waals surface area (Å²) in [6.45, 7) is 2.65. The van der Waals surface area contributed by atoms with Gasteiger partial charge < -0.3 is 19.5 Å². The molecular formula is C18H16N2O4. The number of nitrogens with one attached hydrogen (secondary N) is 1. The number of carbonyl (C=O) groups excluding carboxylic acids is 1. The van der Waals surface area contributed by atoms with E-state index in [0.717, 1.165) is 0 Å². The van der Waals surface area contributed by atoms with E-state index in [1.54, 1.807) is 49.4 Å². The first-order valence-electron chi connectivity index (χ1n) is 7.53. The van der Waals surface area contributed by atoms with Gasteiger partial charge in [0.05, 0.1) is 11.6 Å². The lowest BCUT2D eigenvalue weighted by molar-refractivity contribution is -0.122. The summed E-state index contributed by atoms with van der Waals surface area (Å²) in [6, 6.07) is 13.9. The summed E-state index contributed by atoms with van der Waals surface area (Å²) < 4.78 is 16.5. The Labute approximate surface area is 139 Å². The highest BCUT2D eigenvalue weighted by molar-refractivity contribution is 5.94. The average molecular weight is 324 g/mol. The predicted octanol–water partition coefficient (Wildman–Crippen LogP) is 2.74. The van der Waals surface area contributed by atoms with Crippen molar-refractivity contribution in [2.45, 2.75) is 13.0 Å². The Morgan fingerprint density at radius 2 is 2.00 bits per heavy atom. The first-order valence-corrected chi connectivity index (χ1v) is 7.53. The molecule has 1 N–H and O–H groups in total. The van der Waals surface area contributed by atoms with Crippen LogP contribution in [0.15, 0.2) is 42.5 Å². The number of nitrogens with zero attached hydrogens (tertiary/aromatic N) is 1.